The Morgan fingerprint density at radius 2 is 1.53 bits per heavy atom. The molecule has 0 spiro atoms. The first-order chi connectivity index (χ1) is 6.93. The van der Waals surface area contributed by atoms with Crippen LogP contribution in [0.1, 0.15) is 0 Å². The molecule has 15 heavy (non-hydrogen) atoms. The van der Waals surface area contributed by atoms with Crippen LogP contribution in [0.3, 0.4) is 0 Å². The molecule has 0 radical (unpaired) electrons. The molecule has 0 aromatic heterocycles. The number of benzene rings is 1. The first-order valence-electron chi connectivity index (χ1n) is 3.45. The van der Waals surface area contributed by atoms with Crippen molar-refractivity contribution in [1.29, 1.82) is 0 Å². The molecule has 0 aliphatic carbocycles. The summed E-state index contributed by atoms with van der Waals surface area (Å²) in [6.45, 7) is 0. The standard InChI is InChI=1S/C8H2F6O/c9-3-1-2-4(6(11)5(3)10)15-8(14)7(12)13/h1-2H. The number of rotatable bonds is 2. The van der Waals surface area contributed by atoms with Gasteiger partial charge in [0.25, 0.3) is 0 Å². The molecule has 0 N–H and O–H groups in total. The predicted molar refractivity (Wildman–Crippen MR) is 37.3 cm³/mol. The van der Waals surface area contributed by atoms with Gasteiger partial charge in [-0.3, -0.25) is 0 Å². The van der Waals surface area contributed by atoms with Crippen molar-refractivity contribution in [2.75, 3.05) is 0 Å². The Bertz CT molecular complexity index is 410. The largest absolute Gasteiger partial charge is 0.425 e. The van der Waals surface area contributed by atoms with Gasteiger partial charge in [0.15, 0.2) is 17.4 Å². The van der Waals surface area contributed by atoms with Crippen molar-refractivity contribution < 1.29 is 31.1 Å². The molecule has 0 atom stereocenters. The second-order valence-corrected chi connectivity index (χ2v) is 2.31. The van der Waals surface area contributed by atoms with Gasteiger partial charge in [-0.05, 0) is 12.1 Å². The lowest BCUT2D eigenvalue weighted by Crippen LogP contribution is -1.98. The highest BCUT2D eigenvalue weighted by molar-refractivity contribution is 5.27. The van der Waals surface area contributed by atoms with Crippen molar-refractivity contribution in [3.63, 3.8) is 0 Å². The summed E-state index contributed by atoms with van der Waals surface area (Å²) in [6.07, 6.45) is -2.83. The Hall–Kier alpha value is -1.66. The van der Waals surface area contributed by atoms with E-state index in [2.05, 4.69) is 4.74 Å². The minimum atomic E-state index is -2.83. The maximum absolute atomic E-state index is 12.7. The molecule has 7 heteroatoms. The van der Waals surface area contributed by atoms with Crippen molar-refractivity contribution >= 4 is 0 Å². The van der Waals surface area contributed by atoms with E-state index in [0.29, 0.717) is 12.1 Å². The molecular weight excluding hydrogens is 226 g/mol. The molecule has 1 aromatic rings. The third-order valence-corrected chi connectivity index (χ3v) is 1.35. The van der Waals surface area contributed by atoms with Gasteiger partial charge in [0.05, 0.1) is 0 Å². The van der Waals surface area contributed by atoms with E-state index in [-0.39, 0.29) is 0 Å². The van der Waals surface area contributed by atoms with E-state index >= 15 is 0 Å². The maximum Gasteiger partial charge on any atom is 0.344 e. The van der Waals surface area contributed by atoms with Crippen molar-refractivity contribution in [1.82, 2.24) is 0 Å². The molecule has 0 unspecified atom stereocenters. The summed E-state index contributed by atoms with van der Waals surface area (Å²) < 4.78 is 76.3. The molecule has 1 rings (SSSR count). The van der Waals surface area contributed by atoms with Crippen LogP contribution in [0.4, 0.5) is 26.3 Å². The summed E-state index contributed by atoms with van der Waals surface area (Å²) in [4.78, 5) is 0. The molecular formula is C8H2F6O. The van der Waals surface area contributed by atoms with E-state index in [1.165, 1.54) is 0 Å². The fraction of sp³-hybridized carbons (Fsp3) is 0. The first-order valence-corrected chi connectivity index (χ1v) is 3.45. The van der Waals surface area contributed by atoms with E-state index < -0.39 is 35.3 Å². The van der Waals surface area contributed by atoms with Gasteiger partial charge in [-0.1, -0.05) is 0 Å². The summed E-state index contributed by atoms with van der Waals surface area (Å²) in [5.41, 5.74) is 0. The van der Waals surface area contributed by atoms with Gasteiger partial charge in [-0.15, -0.1) is 0 Å². The SMILES string of the molecule is FC(F)=C(F)Oc1ccc(F)c(F)c1F. The van der Waals surface area contributed by atoms with Gasteiger partial charge in [-0.25, -0.2) is 8.78 Å². The third kappa shape index (κ3) is 2.42. The Morgan fingerprint density at radius 3 is 2.07 bits per heavy atom. The Kier molecular flexibility index (Phi) is 3.23. The molecule has 82 valence electrons. The maximum atomic E-state index is 12.7. The summed E-state index contributed by atoms with van der Waals surface area (Å²) >= 11 is 0. The minimum absolute atomic E-state index is 0.414. The van der Waals surface area contributed by atoms with Gasteiger partial charge in [0.2, 0.25) is 5.82 Å². The zero-order valence-electron chi connectivity index (χ0n) is 6.83. The lowest BCUT2D eigenvalue weighted by molar-refractivity contribution is 0.231. The molecule has 0 saturated carbocycles. The molecule has 1 aromatic carbocycles. The molecule has 0 aliphatic rings. The Balaban J connectivity index is 3.08. The smallest absolute Gasteiger partial charge is 0.344 e. The second-order valence-electron chi connectivity index (χ2n) is 2.31. The highest BCUT2D eigenvalue weighted by Gasteiger charge is 2.17. The third-order valence-electron chi connectivity index (χ3n) is 1.35. The van der Waals surface area contributed by atoms with Crippen LogP contribution in [0.5, 0.6) is 5.75 Å². The number of hydrogen-bond acceptors (Lipinski definition) is 1. The first kappa shape index (κ1) is 11.4. The van der Waals surface area contributed by atoms with Crippen molar-refractivity contribution in [2.45, 2.75) is 0 Å². The van der Waals surface area contributed by atoms with E-state index in [9.17, 15) is 26.3 Å². The van der Waals surface area contributed by atoms with Crippen LogP contribution in [0.25, 0.3) is 0 Å². The molecule has 0 amide bonds. The van der Waals surface area contributed by atoms with Gasteiger partial charge in [-0.2, -0.15) is 17.6 Å². The van der Waals surface area contributed by atoms with E-state index in [0.717, 1.165) is 0 Å². The summed E-state index contributed by atoms with van der Waals surface area (Å²) in [6, 6.07) is -1.48. The number of halogens is 6. The highest BCUT2D eigenvalue weighted by Crippen LogP contribution is 2.25. The molecule has 0 heterocycles. The molecule has 0 fully saturated rings. The molecule has 0 saturated heterocycles. The van der Waals surface area contributed by atoms with Gasteiger partial charge in [0.1, 0.15) is 0 Å². The monoisotopic (exact) mass is 228 g/mol. The Morgan fingerprint density at radius 1 is 0.933 bits per heavy atom. The number of hydrogen-bond donors (Lipinski definition) is 0. The lowest BCUT2D eigenvalue weighted by Gasteiger charge is -2.03. The van der Waals surface area contributed by atoms with Crippen molar-refractivity contribution in [3.8, 4) is 5.75 Å². The highest BCUT2D eigenvalue weighted by atomic mass is 19.3. The fourth-order valence-electron chi connectivity index (χ4n) is 0.722. The normalized spacial score (nSPS) is 10.0. The lowest BCUT2D eigenvalue weighted by atomic mass is 10.3. The molecule has 0 aliphatic heterocycles. The summed E-state index contributed by atoms with van der Waals surface area (Å²) in [7, 11) is 0. The zero-order chi connectivity index (χ0) is 11.6. The van der Waals surface area contributed by atoms with Crippen molar-refractivity contribution in [3.05, 3.63) is 41.7 Å². The average molecular weight is 228 g/mol. The van der Waals surface area contributed by atoms with Crippen LogP contribution in [0, 0.1) is 17.5 Å². The van der Waals surface area contributed by atoms with Crippen LogP contribution in [-0.2, 0) is 0 Å². The van der Waals surface area contributed by atoms with Crippen LogP contribution in [0.2, 0.25) is 0 Å². The van der Waals surface area contributed by atoms with E-state index in [1.54, 1.807) is 0 Å². The number of ether oxygens (including phenoxy) is 1. The van der Waals surface area contributed by atoms with Crippen LogP contribution in [-0.4, -0.2) is 0 Å². The predicted octanol–water partition coefficient (Wildman–Crippen LogP) is 3.52. The minimum Gasteiger partial charge on any atom is -0.425 e. The quantitative estimate of drug-likeness (QED) is 0.427. The van der Waals surface area contributed by atoms with Crippen LogP contribution in [0.15, 0.2) is 24.2 Å². The van der Waals surface area contributed by atoms with Gasteiger partial charge < -0.3 is 4.74 Å². The molecule has 1 nitrogen and oxygen atoms in total. The Labute approximate surface area is 79.6 Å². The fourth-order valence-corrected chi connectivity index (χ4v) is 0.722. The molecule has 0 bridgehead atoms. The topological polar surface area (TPSA) is 9.23 Å². The summed E-state index contributed by atoms with van der Waals surface area (Å²) in [5.74, 6) is -6.52. The van der Waals surface area contributed by atoms with Crippen molar-refractivity contribution in [2.24, 2.45) is 0 Å². The van der Waals surface area contributed by atoms with Gasteiger partial charge >= 0.3 is 12.1 Å². The second kappa shape index (κ2) is 4.24. The average Bonchev–Trinajstić information content (AvgIpc) is 2.18. The van der Waals surface area contributed by atoms with E-state index in [1.807, 2.05) is 0 Å². The van der Waals surface area contributed by atoms with E-state index in [4.69, 9.17) is 0 Å². The summed E-state index contributed by atoms with van der Waals surface area (Å²) in [5, 5.41) is 0. The van der Waals surface area contributed by atoms with Crippen LogP contribution >= 0.6 is 0 Å². The van der Waals surface area contributed by atoms with Gasteiger partial charge in [0, 0.05) is 0 Å². The zero-order valence-corrected chi connectivity index (χ0v) is 6.83. The van der Waals surface area contributed by atoms with Crippen LogP contribution < -0.4 is 4.74 Å².